The molecule has 0 heterocycles. The average Bonchev–Trinajstić information content (AvgIpc) is 2.65. The molecule has 0 aliphatic heterocycles. The zero-order chi connectivity index (χ0) is 23.8. The van der Waals surface area contributed by atoms with Gasteiger partial charge in [-0.15, -0.1) is 0 Å². The van der Waals surface area contributed by atoms with E-state index in [1.165, 1.54) is 0 Å². The third-order valence-electron chi connectivity index (χ3n) is 4.45. The van der Waals surface area contributed by atoms with Gasteiger partial charge in [0.1, 0.15) is 35.0 Å². The molecule has 1 aromatic rings. The van der Waals surface area contributed by atoms with Gasteiger partial charge in [0.15, 0.2) is 0 Å². The van der Waals surface area contributed by atoms with Crippen molar-refractivity contribution in [2.75, 3.05) is 5.75 Å². The van der Waals surface area contributed by atoms with Crippen LogP contribution in [0.2, 0.25) is 0 Å². The fourth-order valence-corrected chi connectivity index (χ4v) is 3.47. The summed E-state index contributed by atoms with van der Waals surface area (Å²) >= 11 is 0. The second kappa shape index (κ2) is 11.6. The summed E-state index contributed by atoms with van der Waals surface area (Å²) in [6.07, 6.45) is -6.99. The van der Waals surface area contributed by atoms with Crippen LogP contribution in [0.4, 0.5) is 13.2 Å². The Morgan fingerprint density at radius 3 is 1.94 bits per heavy atom. The van der Waals surface area contributed by atoms with E-state index in [-0.39, 0.29) is 12.8 Å². The molecule has 0 bridgehead atoms. The van der Waals surface area contributed by atoms with Crippen molar-refractivity contribution >= 4 is 45.6 Å². The van der Waals surface area contributed by atoms with Gasteiger partial charge in [0.25, 0.3) is 10.1 Å². The fraction of sp³-hybridized carbons (Fsp3) is 0.529. The molecular formula is C17H24B3F3O7S. The van der Waals surface area contributed by atoms with Crippen LogP contribution < -0.4 is 4.74 Å². The second-order valence-corrected chi connectivity index (χ2v) is 8.40. The molecule has 1 unspecified atom stereocenters. The summed E-state index contributed by atoms with van der Waals surface area (Å²) in [5.74, 6) is -3.32. The number of ether oxygens (including phenoxy) is 2. The number of benzene rings is 1. The van der Waals surface area contributed by atoms with Crippen LogP contribution in [0, 0.1) is 0 Å². The van der Waals surface area contributed by atoms with E-state index in [0.717, 1.165) is 23.0 Å². The van der Waals surface area contributed by atoms with E-state index >= 15 is 0 Å². The molecule has 0 saturated carbocycles. The zero-order valence-corrected chi connectivity index (χ0v) is 18.4. The molecule has 0 spiro atoms. The smallest absolute Gasteiger partial charge is 0.426 e. The monoisotopic (exact) mass is 462 g/mol. The van der Waals surface area contributed by atoms with E-state index in [0.29, 0.717) is 18.4 Å². The van der Waals surface area contributed by atoms with E-state index in [2.05, 4.69) is 4.74 Å². The van der Waals surface area contributed by atoms with Crippen molar-refractivity contribution in [1.29, 1.82) is 0 Å². The summed E-state index contributed by atoms with van der Waals surface area (Å²) in [6, 6.07) is 3.90. The van der Waals surface area contributed by atoms with Crippen LogP contribution in [0.1, 0.15) is 36.0 Å². The third kappa shape index (κ3) is 9.38. The average molecular weight is 462 g/mol. The van der Waals surface area contributed by atoms with Gasteiger partial charge in [-0.05, 0) is 17.5 Å². The highest BCUT2D eigenvalue weighted by Crippen LogP contribution is 2.28. The van der Waals surface area contributed by atoms with Crippen molar-refractivity contribution < 1.29 is 45.2 Å². The minimum atomic E-state index is -5.16. The molecule has 0 amide bonds. The molecule has 0 fully saturated rings. The lowest BCUT2D eigenvalue weighted by Crippen LogP contribution is -2.39. The summed E-state index contributed by atoms with van der Waals surface area (Å²) in [7, 11) is 0.845. The minimum Gasteiger partial charge on any atom is -0.451 e. The van der Waals surface area contributed by atoms with Crippen LogP contribution in [0.3, 0.4) is 0 Å². The number of rotatable bonds is 11. The first kappa shape index (κ1) is 27.1. The summed E-state index contributed by atoms with van der Waals surface area (Å²) in [4.78, 5) is 23.8. The van der Waals surface area contributed by atoms with Crippen LogP contribution in [0.25, 0.3) is 0 Å². The molecule has 1 N–H and O–H groups in total. The molecule has 7 nitrogen and oxygen atoms in total. The van der Waals surface area contributed by atoms with Crippen molar-refractivity contribution in [2.45, 2.75) is 50.5 Å². The molecule has 0 saturated heterocycles. The highest BCUT2D eigenvalue weighted by molar-refractivity contribution is 7.85. The first-order valence-corrected chi connectivity index (χ1v) is 11.5. The normalized spacial score (nSPS) is 12.9. The first-order valence-electron chi connectivity index (χ1n) is 9.87. The molecular weight excluding hydrogens is 438 g/mol. The Morgan fingerprint density at radius 1 is 1.00 bits per heavy atom. The highest BCUT2D eigenvalue weighted by Gasteiger charge is 2.45. The number of carbonyl (C=O) groups is 2. The van der Waals surface area contributed by atoms with E-state index < -0.39 is 46.5 Å². The minimum absolute atomic E-state index is 0.149. The van der Waals surface area contributed by atoms with Crippen LogP contribution >= 0.6 is 0 Å². The fourth-order valence-electron chi connectivity index (χ4n) is 2.83. The Labute approximate surface area is 182 Å². The maximum Gasteiger partial charge on any atom is 0.426 e. The first-order chi connectivity index (χ1) is 14.3. The van der Waals surface area contributed by atoms with Crippen LogP contribution in [-0.4, -0.2) is 66.5 Å². The van der Waals surface area contributed by atoms with Gasteiger partial charge in [0, 0.05) is 12.8 Å². The van der Waals surface area contributed by atoms with Gasteiger partial charge in [-0.3, -0.25) is 14.1 Å². The van der Waals surface area contributed by atoms with Crippen molar-refractivity contribution in [1.82, 2.24) is 0 Å². The molecule has 1 aromatic carbocycles. The van der Waals surface area contributed by atoms with Gasteiger partial charge < -0.3 is 9.47 Å². The van der Waals surface area contributed by atoms with Crippen molar-refractivity contribution in [3.63, 3.8) is 0 Å². The summed E-state index contributed by atoms with van der Waals surface area (Å²) in [5, 5.41) is 0. The number of hydrogen-bond donors (Lipinski definition) is 1. The Morgan fingerprint density at radius 2 is 1.52 bits per heavy atom. The number of hydrogen-bond acceptors (Lipinski definition) is 6. The van der Waals surface area contributed by atoms with Gasteiger partial charge >= 0.3 is 18.1 Å². The van der Waals surface area contributed by atoms with Gasteiger partial charge in [-0.1, -0.05) is 36.7 Å². The standard InChI is InChI=1S/C17H24B3F3O7S/c18-6-10-4-11(7-19)16(12(5-10)8-20)30-15(25)3-1-2-14(24)29-13(17(21,22)23)9-31(26,27)28/h4-5,13H,1-3,6-9,18-20H2,(H,26,27,28). The van der Waals surface area contributed by atoms with Gasteiger partial charge in [0.2, 0.25) is 6.10 Å². The van der Waals surface area contributed by atoms with Crippen LogP contribution in [0.15, 0.2) is 12.1 Å². The second-order valence-electron chi connectivity index (χ2n) is 6.90. The lowest BCUT2D eigenvalue weighted by atomic mass is 9.85. The lowest BCUT2D eigenvalue weighted by Gasteiger charge is -2.19. The maximum absolute atomic E-state index is 12.8. The lowest BCUT2D eigenvalue weighted by molar-refractivity contribution is -0.215. The Hall–Kier alpha value is -1.95. The number of halogens is 3. The summed E-state index contributed by atoms with van der Waals surface area (Å²) in [6.45, 7) is 0. The predicted molar refractivity (Wildman–Crippen MR) is 115 cm³/mol. The largest absolute Gasteiger partial charge is 0.451 e. The zero-order valence-electron chi connectivity index (χ0n) is 17.6. The number of esters is 2. The van der Waals surface area contributed by atoms with Gasteiger partial charge in [-0.2, -0.15) is 21.6 Å². The van der Waals surface area contributed by atoms with E-state index in [1.807, 2.05) is 35.7 Å². The molecule has 0 radical (unpaired) electrons. The van der Waals surface area contributed by atoms with Gasteiger partial charge in [-0.25, -0.2) is 0 Å². The molecule has 0 aromatic heterocycles. The molecule has 1 rings (SSSR count). The van der Waals surface area contributed by atoms with Crippen LogP contribution in [-0.2, 0) is 43.4 Å². The maximum atomic E-state index is 12.8. The Bertz CT molecular complexity index is 866. The van der Waals surface area contributed by atoms with Crippen molar-refractivity contribution in [2.24, 2.45) is 0 Å². The van der Waals surface area contributed by atoms with Crippen molar-refractivity contribution in [3.05, 3.63) is 28.8 Å². The summed E-state index contributed by atoms with van der Waals surface area (Å²) < 4.78 is 77.9. The van der Waals surface area contributed by atoms with Crippen LogP contribution in [0.5, 0.6) is 5.75 Å². The summed E-state index contributed by atoms with van der Waals surface area (Å²) in [5.41, 5.74) is 2.84. The predicted octanol–water partition coefficient (Wildman–Crippen LogP) is -0.477. The topological polar surface area (TPSA) is 107 Å². The molecule has 1 atom stereocenters. The third-order valence-corrected chi connectivity index (χ3v) is 5.18. The van der Waals surface area contributed by atoms with E-state index in [9.17, 15) is 31.2 Å². The van der Waals surface area contributed by atoms with Gasteiger partial charge in [0.05, 0.1) is 0 Å². The van der Waals surface area contributed by atoms with E-state index in [4.69, 9.17) is 9.29 Å². The van der Waals surface area contributed by atoms with E-state index in [1.54, 1.807) is 0 Å². The Kier molecular flexibility index (Phi) is 10.1. The molecule has 14 heteroatoms. The highest BCUT2D eigenvalue weighted by atomic mass is 32.2. The quantitative estimate of drug-likeness (QED) is 0.205. The SMILES string of the molecule is BCc1cc(CB)c(OC(=O)CCCC(=O)OC(CS(=O)(=O)O)C(F)(F)F)c(CB)c1. The Balaban J connectivity index is 2.69. The molecule has 0 aliphatic carbocycles. The number of alkyl halides is 3. The number of carbonyl (C=O) groups excluding carboxylic acids is 2. The molecule has 31 heavy (non-hydrogen) atoms. The van der Waals surface area contributed by atoms with Crippen molar-refractivity contribution in [3.8, 4) is 5.75 Å². The molecule has 0 aliphatic rings. The molecule has 170 valence electrons.